The van der Waals surface area contributed by atoms with Gasteiger partial charge in [0.2, 0.25) is 11.9 Å². The number of morpholine rings is 1. The maximum Gasteiger partial charge on any atom is 0.323 e. The van der Waals surface area contributed by atoms with Crippen molar-refractivity contribution in [3.8, 4) is 6.01 Å². The van der Waals surface area contributed by atoms with E-state index in [1.165, 1.54) is 6.42 Å². The minimum absolute atomic E-state index is 0.0360. The molecule has 1 aromatic rings. The molecule has 21 heavy (non-hydrogen) atoms. The van der Waals surface area contributed by atoms with Crippen LogP contribution in [-0.2, 0) is 4.74 Å². The minimum Gasteiger partial charge on any atom is -0.461 e. The molecule has 1 aliphatic carbocycles. The Balaban J connectivity index is 1.89. The van der Waals surface area contributed by atoms with Gasteiger partial charge in [0.25, 0.3) is 0 Å². The monoisotopic (exact) mass is 293 g/mol. The fourth-order valence-corrected chi connectivity index (χ4v) is 3.02. The predicted octanol–water partition coefficient (Wildman–Crippen LogP) is 1.46. The largest absolute Gasteiger partial charge is 0.461 e. The first-order valence-electron chi connectivity index (χ1n) is 7.66. The lowest BCUT2D eigenvalue weighted by atomic mass is 10.1. The summed E-state index contributed by atoms with van der Waals surface area (Å²) in [4.78, 5) is 15.5. The summed E-state index contributed by atoms with van der Waals surface area (Å²) in [5, 5.41) is 2.98. The lowest BCUT2D eigenvalue weighted by molar-refractivity contribution is 0.0249. The summed E-state index contributed by atoms with van der Waals surface area (Å²) in [6.07, 6.45) is 3.80. The van der Waals surface area contributed by atoms with Crippen LogP contribution in [0.4, 0.5) is 11.9 Å². The quantitative estimate of drug-likeness (QED) is 0.901. The van der Waals surface area contributed by atoms with Crippen LogP contribution in [0.25, 0.3) is 0 Å². The Labute approximate surface area is 125 Å². The highest BCUT2D eigenvalue weighted by Crippen LogP contribution is 2.32. The highest BCUT2D eigenvalue weighted by molar-refractivity contribution is 5.40. The van der Waals surface area contributed by atoms with E-state index in [0.717, 1.165) is 26.0 Å². The molecular formula is C14H23N5O2. The number of nitrogens with zero attached hydrogens (tertiary/aromatic N) is 4. The summed E-state index contributed by atoms with van der Waals surface area (Å²) in [5.41, 5.74) is 0. The lowest BCUT2D eigenvalue weighted by Crippen LogP contribution is -2.49. The second-order valence-electron chi connectivity index (χ2n) is 5.76. The van der Waals surface area contributed by atoms with E-state index in [2.05, 4.69) is 25.2 Å². The molecule has 2 heterocycles. The first-order chi connectivity index (χ1) is 10.2. The van der Waals surface area contributed by atoms with E-state index in [4.69, 9.17) is 9.47 Å². The van der Waals surface area contributed by atoms with Crippen molar-refractivity contribution in [1.29, 1.82) is 0 Å². The van der Waals surface area contributed by atoms with Crippen LogP contribution in [0.5, 0.6) is 6.01 Å². The van der Waals surface area contributed by atoms with E-state index in [0.29, 0.717) is 30.1 Å². The number of fused-ring (bicyclic) bond motifs is 1. The molecule has 7 nitrogen and oxygen atoms in total. The molecule has 0 radical (unpaired) electrons. The Kier molecular flexibility index (Phi) is 4.10. The second-order valence-corrected chi connectivity index (χ2v) is 5.76. The Bertz CT molecular complexity index is 496. The van der Waals surface area contributed by atoms with Crippen molar-refractivity contribution in [3.05, 3.63) is 0 Å². The number of hydrogen-bond acceptors (Lipinski definition) is 7. The Morgan fingerprint density at radius 1 is 1.29 bits per heavy atom. The number of aromatic nitrogens is 3. The zero-order chi connectivity index (χ0) is 14.8. The molecule has 0 amide bonds. The number of ether oxygens (including phenoxy) is 2. The zero-order valence-corrected chi connectivity index (χ0v) is 12.9. The van der Waals surface area contributed by atoms with Crippen molar-refractivity contribution < 1.29 is 9.47 Å². The summed E-state index contributed by atoms with van der Waals surface area (Å²) in [5.74, 6) is 1.22. The number of rotatable bonds is 4. The van der Waals surface area contributed by atoms with E-state index in [1.807, 2.05) is 13.8 Å². The van der Waals surface area contributed by atoms with Crippen molar-refractivity contribution in [2.75, 3.05) is 30.4 Å². The highest BCUT2D eigenvalue weighted by atomic mass is 16.5. The van der Waals surface area contributed by atoms with Crippen molar-refractivity contribution in [1.82, 2.24) is 15.0 Å². The van der Waals surface area contributed by atoms with Gasteiger partial charge >= 0.3 is 6.01 Å². The molecule has 1 saturated carbocycles. The van der Waals surface area contributed by atoms with Gasteiger partial charge < -0.3 is 19.7 Å². The van der Waals surface area contributed by atoms with Crippen LogP contribution in [0.2, 0.25) is 0 Å². The summed E-state index contributed by atoms with van der Waals surface area (Å²) >= 11 is 0. The SMILES string of the molecule is CNc1nc(OC(C)C)nc(N2CCOC3CCCC32)n1. The van der Waals surface area contributed by atoms with Crippen molar-refractivity contribution in [3.63, 3.8) is 0 Å². The van der Waals surface area contributed by atoms with E-state index >= 15 is 0 Å². The van der Waals surface area contributed by atoms with E-state index in [9.17, 15) is 0 Å². The molecule has 2 aliphatic rings. The third-order valence-corrected chi connectivity index (χ3v) is 3.91. The fourth-order valence-electron chi connectivity index (χ4n) is 3.02. The van der Waals surface area contributed by atoms with Gasteiger partial charge in [0.05, 0.1) is 24.9 Å². The summed E-state index contributed by atoms with van der Waals surface area (Å²) in [7, 11) is 1.80. The van der Waals surface area contributed by atoms with Crippen LogP contribution in [0.1, 0.15) is 33.1 Å². The molecule has 2 fully saturated rings. The summed E-state index contributed by atoms with van der Waals surface area (Å²) in [6.45, 7) is 5.46. The third kappa shape index (κ3) is 3.02. The van der Waals surface area contributed by atoms with E-state index in [1.54, 1.807) is 7.05 Å². The third-order valence-electron chi connectivity index (χ3n) is 3.91. The normalized spacial score (nSPS) is 25.0. The number of anilines is 2. The second kappa shape index (κ2) is 6.01. The number of hydrogen-bond donors (Lipinski definition) is 1. The molecule has 2 atom stereocenters. The van der Waals surface area contributed by atoms with Crippen LogP contribution in [0, 0.1) is 0 Å². The van der Waals surface area contributed by atoms with Gasteiger partial charge in [-0.25, -0.2) is 0 Å². The van der Waals surface area contributed by atoms with Gasteiger partial charge in [-0.05, 0) is 33.1 Å². The first kappa shape index (κ1) is 14.3. The van der Waals surface area contributed by atoms with Gasteiger partial charge in [0, 0.05) is 13.6 Å². The number of nitrogens with one attached hydrogen (secondary N) is 1. The molecule has 1 aromatic heterocycles. The Morgan fingerprint density at radius 3 is 2.90 bits per heavy atom. The van der Waals surface area contributed by atoms with Crippen LogP contribution < -0.4 is 15.0 Å². The van der Waals surface area contributed by atoms with Crippen LogP contribution >= 0.6 is 0 Å². The van der Waals surface area contributed by atoms with Crippen molar-refractivity contribution in [2.24, 2.45) is 0 Å². The lowest BCUT2D eigenvalue weighted by Gasteiger charge is -2.37. The van der Waals surface area contributed by atoms with Gasteiger partial charge in [-0.15, -0.1) is 0 Å². The Morgan fingerprint density at radius 2 is 2.14 bits per heavy atom. The molecule has 116 valence electrons. The van der Waals surface area contributed by atoms with Crippen molar-refractivity contribution >= 4 is 11.9 Å². The molecule has 3 rings (SSSR count). The molecule has 0 spiro atoms. The summed E-state index contributed by atoms with van der Waals surface area (Å²) in [6, 6.07) is 0.748. The molecule has 1 aliphatic heterocycles. The standard InChI is InChI=1S/C14H23N5O2/c1-9(2)21-14-17-12(15-3)16-13(18-14)19-7-8-20-11-6-4-5-10(11)19/h9-11H,4-8H2,1-3H3,(H,15,16,17,18). The molecule has 7 heteroatoms. The fraction of sp³-hybridized carbons (Fsp3) is 0.786. The average Bonchev–Trinajstić information content (AvgIpc) is 2.94. The van der Waals surface area contributed by atoms with Gasteiger partial charge in [0.1, 0.15) is 0 Å². The molecule has 1 N–H and O–H groups in total. The topological polar surface area (TPSA) is 72.4 Å². The van der Waals surface area contributed by atoms with E-state index < -0.39 is 0 Å². The van der Waals surface area contributed by atoms with Crippen LogP contribution in [0.15, 0.2) is 0 Å². The van der Waals surface area contributed by atoms with Crippen LogP contribution in [-0.4, -0.2) is 53.4 Å². The van der Waals surface area contributed by atoms with Crippen molar-refractivity contribution in [2.45, 2.75) is 51.4 Å². The predicted molar refractivity (Wildman–Crippen MR) is 79.9 cm³/mol. The first-order valence-corrected chi connectivity index (χ1v) is 7.66. The van der Waals surface area contributed by atoms with Crippen LogP contribution in [0.3, 0.4) is 0 Å². The average molecular weight is 293 g/mol. The molecule has 1 saturated heterocycles. The highest BCUT2D eigenvalue weighted by Gasteiger charge is 2.37. The zero-order valence-electron chi connectivity index (χ0n) is 12.9. The van der Waals surface area contributed by atoms with Gasteiger partial charge in [-0.3, -0.25) is 0 Å². The molecular weight excluding hydrogens is 270 g/mol. The van der Waals surface area contributed by atoms with E-state index in [-0.39, 0.29) is 6.10 Å². The molecule has 0 bridgehead atoms. The minimum atomic E-state index is 0.0360. The van der Waals surface area contributed by atoms with Gasteiger partial charge in [-0.1, -0.05) is 0 Å². The molecule has 0 aromatic carbocycles. The smallest absolute Gasteiger partial charge is 0.323 e. The molecule has 2 unspecified atom stereocenters. The summed E-state index contributed by atoms with van der Waals surface area (Å²) < 4.78 is 11.5. The van der Waals surface area contributed by atoms with Gasteiger partial charge in [0.15, 0.2) is 0 Å². The maximum atomic E-state index is 5.85. The van der Waals surface area contributed by atoms with Gasteiger partial charge in [-0.2, -0.15) is 15.0 Å². The Hall–Kier alpha value is -1.63. The maximum absolute atomic E-state index is 5.85.